The fraction of sp³-hybridized carbons (Fsp3) is 0.188. The van der Waals surface area contributed by atoms with E-state index >= 15 is 0 Å². The van der Waals surface area contributed by atoms with Crippen molar-refractivity contribution in [3.05, 3.63) is 54.1 Å². The zero-order valence-corrected chi connectivity index (χ0v) is 12.6. The number of hydrogen-bond donors (Lipinski definition) is 2. The molecule has 2 N–H and O–H groups in total. The van der Waals surface area contributed by atoms with Gasteiger partial charge in [-0.05, 0) is 60.8 Å². The molecule has 21 heavy (non-hydrogen) atoms. The first-order valence-electron chi connectivity index (χ1n) is 6.87. The fourth-order valence-electron chi connectivity index (χ4n) is 2.24. The molecule has 108 valence electrons. The lowest BCUT2D eigenvalue weighted by molar-refractivity contribution is 0.252. The normalized spacial score (nSPS) is 14.1. The molecule has 3 rings (SSSR count). The van der Waals surface area contributed by atoms with Crippen molar-refractivity contribution in [2.45, 2.75) is 11.8 Å². The molecule has 0 aromatic heterocycles. The van der Waals surface area contributed by atoms with E-state index in [0.717, 1.165) is 22.8 Å². The van der Waals surface area contributed by atoms with Crippen molar-refractivity contribution in [1.29, 1.82) is 0 Å². The van der Waals surface area contributed by atoms with Gasteiger partial charge in [-0.15, -0.1) is 0 Å². The van der Waals surface area contributed by atoms with Crippen LogP contribution in [0.15, 0.2) is 53.4 Å². The molecular formula is C16H17N3OS. The molecule has 1 heterocycles. The maximum Gasteiger partial charge on any atom is 0.321 e. The number of aryl methyl sites for hydroxylation is 1. The van der Waals surface area contributed by atoms with Gasteiger partial charge in [-0.25, -0.2) is 4.79 Å². The lowest BCUT2D eigenvalue weighted by Crippen LogP contribution is -2.27. The Balaban J connectivity index is 1.63. The lowest BCUT2D eigenvalue weighted by Gasteiger charge is -2.14. The Morgan fingerprint density at radius 1 is 1.19 bits per heavy atom. The second-order valence-electron chi connectivity index (χ2n) is 4.95. The Hall–Kier alpha value is -2.14. The third kappa shape index (κ3) is 3.31. The molecule has 0 bridgehead atoms. The number of carbonyl (C=O) groups is 1. The average Bonchev–Trinajstić information content (AvgIpc) is 2.92. The number of hydrogen-bond acceptors (Lipinski definition) is 3. The summed E-state index contributed by atoms with van der Waals surface area (Å²) in [5, 5.41) is 2.80. The predicted octanol–water partition coefficient (Wildman–Crippen LogP) is 3.64. The molecule has 5 heteroatoms. The Morgan fingerprint density at radius 3 is 2.67 bits per heavy atom. The summed E-state index contributed by atoms with van der Waals surface area (Å²) in [7, 11) is 0. The minimum atomic E-state index is -0.0201. The first-order chi connectivity index (χ1) is 10.2. The summed E-state index contributed by atoms with van der Waals surface area (Å²) in [6.07, 6.45) is 0. The summed E-state index contributed by atoms with van der Waals surface area (Å²) >= 11 is 1.57. The van der Waals surface area contributed by atoms with Crippen LogP contribution in [0.5, 0.6) is 0 Å². The second kappa shape index (κ2) is 6.10. The number of anilines is 2. The first kappa shape index (κ1) is 13.8. The molecule has 0 radical (unpaired) electrons. The third-order valence-corrected chi connectivity index (χ3v) is 4.16. The van der Waals surface area contributed by atoms with Crippen molar-refractivity contribution in [3.8, 4) is 0 Å². The lowest BCUT2D eigenvalue weighted by atomic mass is 10.2. The Morgan fingerprint density at radius 2 is 2.00 bits per heavy atom. The zero-order chi connectivity index (χ0) is 14.7. The van der Waals surface area contributed by atoms with E-state index in [-0.39, 0.29) is 6.03 Å². The molecule has 0 saturated carbocycles. The van der Waals surface area contributed by atoms with E-state index in [4.69, 9.17) is 0 Å². The third-order valence-electron chi connectivity index (χ3n) is 3.31. The van der Waals surface area contributed by atoms with Gasteiger partial charge in [0.15, 0.2) is 0 Å². The monoisotopic (exact) mass is 299 g/mol. The Labute approximate surface area is 128 Å². The second-order valence-corrected chi connectivity index (χ2v) is 5.83. The van der Waals surface area contributed by atoms with Crippen molar-refractivity contribution < 1.29 is 4.79 Å². The van der Waals surface area contributed by atoms with Gasteiger partial charge in [0.25, 0.3) is 0 Å². The van der Waals surface area contributed by atoms with Crippen molar-refractivity contribution in [2.24, 2.45) is 0 Å². The highest BCUT2D eigenvalue weighted by Crippen LogP contribution is 2.25. The Bertz CT molecular complexity index is 642. The molecule has 1 aliphatic rings. The van der Waals surface area contributed by atoms with Gasteiger partial charge in [-0.2, -0.15) is 0 Å². The molecule has 0 unspecified atom stereocenters. The molecule has 1 saturated heterocycles. The van der Waals surface area contributed by atoms with E-state index in [1.54, 1.807) is 16.8 Å². The number of nitrogens with one attached hydrogen (secondary N) is 2. The fourth-order valence-corrected chi connectivity index (χ4v) is 2.87. The molecule has 1 aliphatic heterocycles. The predicted molar refractivity (Wildman–Crippen MR) is 87.8 cm³/mol. The van der Waals surface area contributed by atoms with Gasteiger partial charge in [0.2, 0.25) is 0 Å². The molecule has 2 aromatic carbocycles. The van der Waals surface area contributed by atoms with Crippen molar-refractivity contribution in [1.82, 2.24) is 5.32 Å². The molecule has 0 atom stereocenters. The van der Waals surface area contributed by atoms with E-state index in [1.807, 2.05) is 36.4 Å². The minimum Gasteiger partial charge on any atom is -0.336 e. The minimum absolute atomic E-state index is 0.0201. The van der Waals surface area contributed by atoms with Crippen LogP contribution in [0.1, 0.15) is 5.56 Å². The molecule has 2 amide bonds. The first-order valence-corrected chi connectivity index (χ1v) is 7.69. The highest BCUT2D eigenvalue weighted by Gasteiger charge is 2.20. The molecule has 0 aliphatic carbocycles. The summed E-state index contributed by atoms with van der Waals surface area (Å²) < 4.78 is 3.32. The van der Waals surface area contributed by atoms with Gasteiger partial charge >= 0.3 is 6.03 Å². The molecule has 4 nitrogen and oxygen atoms in total. The van der Waals surface area contributed by atoms with Gasteiger partial charge in [-0.3, -0.25) is 4.90 Å². The van der Waals surface area contributed by atoms with Crippen LogP contribution in [-0.4, -0.2) is 19.1 Å². The number of rotatable bonds is 4. The molecule has 0 spiro atoms. The summed E-state index contributed by atoms with van der Waals surface area (Å²) in [6, 6.07) is 16.2. The van der Waals surface area contributed by atoms with Crippen molar-refractivity contribution in [2.75, 3.05) is 22.7 Å². The van der Waals surface area contributed by atoms with Gasteiger partial charge in [0.1, 0.15) is 0 Å². The highest BCUT2D eigenvalue weighted by atomic mass is 32.2. The van der Waals surface area contributed by atoms with Crippen LogP contribution in [0, 0.1) is 6.92 Å². The van der Waals surface area contributed by atoms with Crippen LogP contribution in [0.4, 0.5) is 16.2 Å². The van der Waals surface area contributed by atoms with E-state index in [2.05, 4.69) is 29.1 Å². The summed E-state index contributed by atoms with van der Waals surface area (Å²) in [4.78, 5) is 14.5. The number of carbonyl (C=O) groups excluding carboxylic acids is 1. The topological polar surface area (TPSA) is 44.4 Å². The number of urea groups is 1. The van der Waals surface area contributed by atoms with Crippen LogP contribution in [0.25, 0.3) is 0 Å². The number of benzene rings is 2. The van der Waals surface area contributed by atoms with Gasteiger partial charge < -0.3 is 10.0 Å². The summed E-state index contributed by atoms with van der Waals surface area (Å²) in [5.74, 6) is 0. The standard InChI is InChI=1S/C16H17N3OS/c1-12-3-2-4-13(11-12)18-21-15-7-5-14(6-8-15)19-10-9-17-16(19)20/h2-8,11,18H,9-10H2,1H3,(H,17,20). The quantitative estimate of drug-likeness (QED) is 0.847. The summed E-state index contributed by atoms with van der Waals surface area (Å²) in [6.45, 7) is 3.52. The summed E-state index contributed by atoms with van der Waals surface area (Å²) in [5.41, 5.74) is 3.25. The van der Waals surface area contributed by atoms with Gasteiger partial charge in [-0.1, -0.05) is 12.1 Å². The smallest absolute Gasteiger partial charge is 0.321 e. The van der Waals surface area contributed by atoms with Crippen LogP contribution < -0.4 is 14.9 Å². The van der Waals surface area contributed by atoms with Gasteiger partial charge in [0.05, 0.1) is 0 Å². The molecule has 1 fully saturated rings. The van der Waals surface area contributed by atoms with Crippen molar-refractivity contribution >= 4 is 29.4 Å². The van der Waals surface area contributed by atoms with E-state index in [9.17, 15) is 4.79 Å². The van der Waals surface area contributed by atoms with E-state index in [0.29, 0.717) is 6.54 Å². The van der Waals surface area contributed by atoms with Crippen LogP contribution in [0.2, 0.25) is 0 Å². The van der Waals surface area contributed by atoms with Crippen LogP contribution in [-0.2, 0) is 0 Å². The van der Waals surface area contributed by atoms with Gasteiger partial charge in [0, 0.05) is 29.4 Å². The Kier molecular flexibility index (Phi) is 4.01. The van der Waals surface area contributed by atoms with Crippen LogP contribution >= 0.6 is 11.9 Å². The maximum atomic E-state index is 11.6. The maximum absolute atomic E-state index is 11.6. The SMILES string of the molecule is Cc1cccc(NSc2ccc(N3CCNC3=O)cc2)c1. The molecule has 2 aromatic rings. The van der Waals surface area contributed by atoms with E-state index < -0.39 is 0 Å². The molecular weight excluding hydrogens is 282 g/mol. The largest absolute Gasteiger partial charge is 0.336 e. The van der Waals surface area contributed by atoms with E-state index in [1.165, 1.54) is 5.56 Å². The van der Waals surface area contributed by atoms with Crippen molar-refractivity contribution in [3.63, 3.8) is 0 Å². The average molecular weight is 299 g/mol. The zero-order valence-electron chi connectivity index (χ0n) is 11.8. The van der Waals surface area contributed by atoms with Crippen LogP contribution in [0.3, 0.4) is 0 Å². The highest BCUT2D eigenvalue weighted by molar-refractivity contribution is 8.00. The number of amides is 2. The number of nitrogens with zero attached hydrogens (tertiary/aromatic N) is 1.